The normalized spacial score (nSPS) is 28.1. The maximum atomic E-state index is 14.3. The molecule has 288 valence electrons. The van der Waals surface area contributed by atoms with E-state index in [4.69, 9.17) is 11.6 Å². The van der Waals surface area contributed by atoms with Gasteiger partial charge in [0, 0.05) is 35.0 Å². The summed E-state index contributed by atoms with van der Waals surface area (Å²) >= 11 is 7.71. The van der Waals surface area contributed by atoms with E-state index in [1.807, 2.05) is 12.1 Å². The lowest BCUT2D eigenvalue weighted by molar-refractivity contribution is -0.174. The average molecular weight is 800 g/mol. The van der Waals surface area contributed by atoms with Crippen LogP contribution in [-0.2, 0) is 29.2 Å². The molecule has 12 nitrogen and oxygen atoms in total. The van der Waals surface area contributed by atoms with Crippen molar-refractivity contribution in [3.8, 4) is 0 Å². The summed E-state index contributed by atoms with van der Waals surface area (Å²) in [7, 11) is -3.96. The summed E-state index contributed by atoms with van der Waals surface area (Å²) in [5.74, 6) is -6.41. The van der Waals surface area contributed by atoms with E-state index >= 15 is 0 Å². The van der Waals surface area contributed by atoms with E-state index in [9.17, 15) is 45.6 Å². The predicted molar refractivity (Wildman–Crippen MR) is 191 cm³/mol. The number of amides is 5. The number of thiophene rings is 1. The predicted octanol–water partition coefficient (Wildman–Crippen LogP) is 4.33. The molecule has 1 aromatic carbocycles. The zero-order chi connectivity index (χ0) is 38.3. The molecule has 6 rings (SSSR count). The summed E-state index contributed by atoms with van der Waals surface area (Å²) in [5, 5.41) is 8.28. The second-order valence-corrected chi connectivity index (χ2v) is 17.8. The third kappa shape index (κ3) is 8.67. The molecule has 0 spiro atoms. The molecule has 0 radical (unpaired) electrons. The van der Waals surface area contributed by atoms with Crippen molar-refractivity contribution in [2.45, 2.75) is 106 Å². The summed E-state index contributed by atoms with van der Waals surface area (Å²) in [6.45, 7) is 0.671. The van der Waals surface area contributed by atoms with Crippen LogP contribution in [0.1, 0.15) is 80.8 Å². The van der Waals surface area contributed by atoms with Crippen LogP contribution in [0, 0.1) is 11.8 Å². The largest absolute Gasteiger partial charge is 0.392 e. The minimum Gasteiger partial charge on any atom is -0.347 e. The first kappa shape index (κ1) is 39.0. The van der Waals surface area contributed by atoms with Gasteiger partial charge in [-0.05, 0) is 51.0 Å². The standard InChI is InChI=1S/C35H41ClF3N5O7S2/c1-19(35(37,38)39)15-27(45)41-24-11-6-4-2-3-5-9-20-17-34(20,33(49)43-53(50,51)22-13-14-22)42-30(46)25-16-21(18-44(25)32(24)48)40-31(47)29-28(36)23-10-7-8-12-26(23)52-29/h5,7-10,12,19-22,24-25H,2-4,6,11,13-18H2,1H3,(H,40,47)(H,41,45)(H,42,46)(H,43,49)/b9-5-/t19?,20-,21-,24+,25+,34-/m1/s1. The number of halogens is 4. The number of hydrogen-bond donors (Lipinski definition) is 4. The lowest BCUT2D eigenvalue weighted by atomic mass is 10.0. The molecule has 2 aromatic rings. The highest BCUT2D eigenvalue weighted by molar-refractivity contribution is 7.91. The highest BCUT2D eigenvalue weighted by atomic mass is 35.5. The number of nitrogens with zero attached hydrogens (tertiary/aromatic N) is 1. The number of sulfonamides is 1. The van der Waals surface area contributed by atoms with Crippen LogP contribution in [0.4, 0.5) is 13.2 Å². The monoisotopic (exact) mass is 799 g/mol. The van der Waals surface area contributed by atoms with Gasteiger partial charge >= 0.3 is 6.18 Å². The quantitative estimate of drug-likeness (QED) is 0.288. The Hall–Kier alpha value is -3.70. The van der Waals surface area contributed by atoms with Crippen LogP contribution in [0.15, 0.2) is 36.4 Å². The van der Waals surface area contributed by atoms with Crippen molar-refractivity contribution in [3.05, 3.63) is 46.3 Å². The number of carbonyl (C=O) groups excluding carboxylic acids is 5. The summed E-state index contributed by atoms with van der Waals surface area (Å²) in [6.07, 6.45) is 1.27. The van der Waals surface area contributed by atoms with Crippen molar-refractivity contribution in [1.82, 2.24) is 25.6 Å². The molecule has 1 saturated heterocycles. The molecule has 4 aliphatic rings. The first-order valence-electron chi connectivity index (χ1n) is 17.7. The molecule has 18 heteroatoms. The summed E-state index contributed by atoms with van der Waals surface area (Å²) in [6, 6.07) is 3.79. The molecule has 5 amide bonds. The fraction of sp³-hybridized carbons (Fsp3) is 0.571. The maximum absolute atomic E-state index is 14.3. The minimum absolute atomic E-state index is 0.0853. The Kier molecular flexibility index (Phi) is 11.2. The zero-order valence-electron chi connectivity index (χ0n) is 28.8. The fourth-order valence-electron chi connectivity index (χ4n) is 6.96. The van der Waals surface area contributed by atoms with Gasteiger partial charge in [0.1, 0.15) is 22.5 Å². The lowest BCUT2D eigenvalue weighted by Crippen LogP contribution is -2.58. The number of allylic oxidation sites excluding steroid dienone is 1. The van der Waals surface area contributed by atoms with Crippen LogP contribution >= 0.6 is 22.9 Å². The Bertz CT molecular complexity index is 1930. The minimum atomic E-state index is -4.63. The molecule has 4 N–H and O–H groups in total. The Morgan fingerprint density at radius 1 is 1.09 bits per heavy atom. The number of hydrogen-bond acceptors (Lipinski definition) is 8. The van der Waals surface area contributed by atoms with Crippen LogP contribution < -0.4 is 20.7 Å². The molecule has 3 heterocycles. The summed E-state index contributed by atoms with van der Waals surface area (Å²) < 4.78 is 68.3. The first-order valence-corrected chi connectivity index (χ1v) is 20.4. The van der Waals surface area contributed by atoms with E-state index in [2.05, 4.69) is 20.7 Å². The van der Waals surface area contributed by atoms with Crippen molar-refractivity contribution in [2.75, 3.05) is 6.54 Å². The van der Waals surface area contributed by atoms with Crippen molar-refractivity contribution in [2.24, 2.45) is 11.8 Å². The van der Waals surface area contributed by atoms with Crippen molar-refractivity contribution in [3.63, 3.8) is 0 Å². The Morgan fingerprint density at radius 2 is 1.83 bits per heavy atom. The third-order valence-electron chi connectivity index (χ3n) is 10.3. The Balaban J connectivity index is 1.28. The van der Waals surface area contributed by atoms with E-state index in [1.165, 1.54) is 16.2 Å². The second kappa shape index (κ2) is 15.2. The van der Waals surface area contributed by atoms with Crippen molar-refractivity contribution < 1.29 is 45.6 Å². The summed E-state index contributed by atoms with van der Waals surface area (Å²) in [4.78, 5) is 69.9. The molecule has 1 unspecified atom stereocenters. The van der Waals surface area contributed by atoms with Gasteiger partial charge in [0.05, 0.1) is 16.2 Å². The smallest absolute Gasteiger partial charge is 0.347 e. The van der Waals surface area contributed by atoms with Gasteiger partial charge in [0.2, 0.25) is 27.7 Å². The number of nitrogens with one attached hydrogen (secondary N) is 4. The maximum Gasteiger partial charge on any atom is 0.392 e. The van der Waals surface area contributed by atoms with Gasteiger partial charge in [0.25, 0.3) is 11.8 Å². The average Bonchev–Trinajstić information content (AvgIpc) is 3.99. The molecule has 0 bridgehead atoms. The molecule has 53 heavy (non-hydrogen) atoms. The van der Waals surface area contributed by atoms with Gasteiger partial charge in [-0.15, -0.1) is 11.3 Å². The number of carbonyl (C=O) groups is 5. The summed E-state index contributed by atoms with van der Waals surface area (Å²) in [5.41, 5.74) is -1.61. The van der Waals surface area contributed by atoms with Crippen LogP contribution in [0.25, 0.3) is 10.1 Å². The van der Waals surface area contributed by atoms with E-state index < -0.39 is 92.9 Å². The van der Waals surface area contributed by atoms with Gasteiger partial charge in [-0.1, -0.05) is 61.7 Å². The molecule has 3 fully saturated rings. The van der Waals surface area contributed by atoms with Crippen LogP contribution in [0.3, 0.4) is 0 Å². The van der Waals surface area contributed by atoms with Crippen molar-refractivity contribution >= 4 is 72.6 Å². The number of rotatable bonds is 8. The van der Waals surface area contributed by atoms with E-state index in [0.717, 1.165) is 11.6 Å². The SMILES string of the molecule is CC(CC(=O)N[C@H]1CCCCC/C=C\[C@@H]2C[C@@]2(C(=O)NS(=O)(=O)C2CC2)NC(=O)[C@@H]2C[C@@H](NC(=O)c3sc4ccccc4c3Cl)CN2C1=O)C(F)(F)F. The third-order valence-corrected chi connectivity index (χ3v) is 13.8. The fourth-order valence-corrected chi connectivity index (χ4v) is 9.75. The molecule has 2 aliphatic carbocycles. The molecule has 6 atom stereocenters. The Morgan fingerprint density at radius 3 is 2.53 bits per heavy atom. The molecular formula is C35H41ClF3N5O7S2. The van der Waals surface area contributed by atoms with Crippen molar-refractivity contribution in [1.29, 1.82) is 0 Å². The van der Waals surface area contributed by atoms with Gasteiger partial charge in [-0.2, -0.15) is 13.2 Å². The van der Waals surface area contributed by atoms with Gasteiger partial charge in [-0.3, -0.25) is 28.7 Å². The number of fused-ring (bicyclic) bond motifs is 3. The second-order valence-electron chi connectivity index (χ2n) is 14.4. The molecule has 2 aliphatic heterocycles. The lowest BCUT2D eigenvalue weighted by Gasteiger charge is -2.30. The van der Waals surface area contributed by atoms with E-state index in [-0.39, 0.29) is 35.7 Å². The van der Waals surface area contributed by atoms with Gasteiger partial charge in [-0.25, -0.2) is 8.42 Å². The van der Waals surface area contributed by atoms with Gasteiger partial charge < -0.3 is 20.9 Å². The molecule has 1 aromatic heterocycles. The molecule has 2 saturated carbocycles. The van der Waals surface area contributed by atoms with Crippen LogP contribution in [-0.4, -0.2) is 84.5 Å². The topological polar surface area (TPSA) is 171 Å². The highest BCUT2D eigenvalue weighted by Gasteiger charge is 2.62. The first-order chi connectivity index (χ1) is 25.0. The van der Waals surface area contributed by atoms with Crippen LogP contribution in [0.2, 0.25) is 5.02 Å². The van der Waals surface area contributed by atoms with E-state index in [0.29, 0.717) is 43.9 Å². The van der Waals surface area contributed by atoms with E-state index in [1.54, 1.807) is 24.3 Å². The zero-order valence-corrected chi connectivity index (χ0v) is 31.2. The number of benzene rings is 1. The van der Waals surface area contributed by atoms with Crippen LogP contribution in [0.5, 0.6) is 0 Å². The highest BCUT2D eigenvalue weighted by Crippen LogP contribution is 2.46. The Labute approximate surface area is 313 Å². The van der Waals surface area contributed by atoms with Gasteiger partial charge in [0.15, 0.2) is 0 Å². The number of alkyl halides is 3. The molecular weight excluding hydrogens is 759 g/mol.